The van der Waals surface area contributed by atoms with Gasteiger partial charge in [0.1, 0.15) is 0 Å². The van der Waals surface area contributed by atoms with Crippen LogP contribution in [-0.4, -0.2) is 55.4 Å². The molecule has 0 aliphatic heterocycles. The van der Waals surface area contributed by atoms with E-state index in [9.17, 15) is 0 Å². The van der Waals surface area contributed by atoms with Gasteiger partial charge in [-0.1, -0.05) is 44.9 Å². The van der Waals surface area contributed by atoms with Crippen LogP contribution in [0.1, 0.15) is 78.6 Å². The van der Waals surface area contributed by atoms with Crippen molar-refractivity contribution >= 4 is 8.80 Å². The summed E-state index contributed by atoms with van der Waals surface area (Å²) in [6, 6.07) is 0.957. The Kier molecular flexibility index (Phi) is 19.8. The first kappa shape index (κ1) is 26.0. The summed E-state index contributed by atoms with van der Waals surface area (Å²) in [5, 5.41) is 3.40. The summed E-state index contributed by atoms with van der Waals surface area (Å²) in [4.78, 5) is 0. The van der Waals surface area contributed by atoms with Crippen LogP contribution in [0, 0.1) is 0 Å². The highest BCUT2D eigenvalue weighted by Crippen LogP contribution is 2.20. The zero-order valence-electron chi connectivity index (χ0n) is 17.9. The fraction of sp³-hybridized carbons (Fsp3) is 1.00. The maximum atomic E-state index is 5.91. The van der Waals surface area contributed by atoms with Crippen molar-refractivity contribution in [2.75, 3.05) is 46.6 Å². The van der Waals surface area contributed by atoms with Crippen molar-refractivity contribution in [2.45, 2.75) is 84.6 Å². The van der Waals surface area contributed by atoms with Crippen molar-refractivity contribution in [1.82, 2.24) is 5.32 Å². The summed E-state index contributed by atoms with van der Waals surface area (Å²) in [6.45, 7) is 11.0. The normalized spacial score (nSPS) is 12.0. The third-order valence-electron chi connectivity index (χ3n) is 4.41. The zero-order valence-corrected chi connectivity index (χ0v) is 18.9. The van der Waals surface area contributed by atoms with Crippen LogP contribution in [0.15, 0.2) is 0 Å². The molecular formula is C20H45NO4Si. The average Bonchev–Trinajstić information content (AvgIpc) is 2.63. The van der Waals surface area contributed by atoms with Gasteiger partial charge in [0, 0.05) is 39.5 Å². The fourth-order valence-corrected chi connectivity index (χ4v) is 5.81. The van der Waals surface area contributed by atoms with Gasteiger partial charge in [0.15, 0.2) is 0 Å². The van der Waals surface area contributed by atoms with Gasteiger partial charge in [-0.25, -0.2) is 0 Å². The highest BCUT2D eigenvalue weighted by molar-refractivity contribution is 6.60. The summed E-state index contributed by atoms with van der Waals surface area (Å²) >= 11 is 0. The van der Waals surface area contributed by atoms with Gasteiger partial charge < -0.3 is 23.3 Å². The minimum absolute atomic E-state index is 0.675. The van der Waals surface area contributed by atoms with Crippen LogP contribution in [0.25, 0.3) is 0 Å². The van der Waals surface area contributed by atoms with E-state index in [1.807, 2.05) is 20.8 Å². The molecule has 0 aliphatic rings. The van der Waals surface area contributed by atoms with E-state index in [0.29, 0.717) is 19.8 Å². The van der Waals surface area contributed by atoms with E-state index in [1.54, 1.807) is 7.11 Å². The average molecular weight is 392 g/mol. The molecule has 0 radical (unpaired) electrons. The van der Waals surface area contributed by atoms with Gasteiger partial charge in [0.2, 0.25) is 0 Å². The number of unbranched alkanes of at least 4 members (excludes halogenated alkanes) is 8. The first-order valence-electron chi connectivity index (χ1n) is 10.9. The van der Waals surface area contributed by atoms with Crippen LogP contribution in [0.4, 0.5) is 0 Å². The summed E-state index contributed by atoms with van der Waals surface area (Å²) in [5.74, 6) is 0. The second-order valence-corrected chi connectivity index (χ2v) is 9.39. The lowest BCUT2D eigenvalue weighted by Gasteiger charge is -2.28. The molecule has 0 unspecified atom stereocenters. The molecule has 5 nitrogen and oxygen atoms in total. The van der Waals surface area contributed by atoms with Crippen LogP contribution in [0.2, 0.25) is 6.04 Å². The molecule has 1 N–H and O–H groups in total. The molecule has 0 aromatic carbocycles. The largest absolute Gasteiger partial charge is 0.500 e. The Morgan fingerprint density at radius 1 is 0.615 bits per heavy atom. The lowest BCUT2D eigenvalue weighted by Crippen LogP contribution is -2.45. The molecule has 0 aromatic rings. The minimum atomic E-state index is -2.41. The van der Waals surface area contributed by atoms with Crippen LogP contribution >= 0.6 is 0 Å². The molecule has 26 heavy (non-hydrogen) atoms. The third kappa shape index (κ3) is 15.1. The molecule has 0 aromatic heterocycles. The van der Waals surface area contributed by atoms with Crippen LogP contribution < -0.4 is 5.32 Å². The topological polar surface area (TPSA) is 49.0 Å². The maximum Gasteiger partial charge on any atom is 0.500 e. The second kappa shape index (κ2) is 19.8. The van der Waals surface area contributed by atoms with Crippen molar-refractivity contribution in [1.29, 1.82) is 0 Å². The molecule has 0 atom stereocenters. The van der Waals surface area contributed by atoms with E-state index in [-0.39, 0.29) is 0 Å². The van der Waals surface area contributed by atoms with Gasteiger partial charge in [-0.05, 0) is 40.2 Å². The van der Waals surface area contributed by atoms with Gasteiger partial charge in [-0.3, -0.25) is 0 Å². The Morgan fingerprint density at radius 3 is 1.54 bits per heavy atom. The van der Waals surface area contributed by atoms with Gasteiger partial charge in [-0.15, -0.1) is 0 Å². The Morgan fingerprint density at radius 2 is 1.08 bits per heavy atom. The van der Waals surface area contributed by atoms with Crippen LogP contribution in [0.5, 0.6) is 0 Å². The molecular weight excluding hydrogens is 346 g/mol. The lowest BCUT2D eigenvalue weighted by molar-refractivity contribution is 0.0706. The summed E-state index contributed by atoms with van der Waals surface area (Å²) in [6.07, 6.45) is 11.8. The Balaban J connectivity index is 3.52. The van der Waals surface area contributed by atoms with Crippen LogP contribution in [-0.2, 0) is 18.0 Å². The number of ether oxygens (including phenoxy) is 1. The Labute approximate surface area is 163 Å². The lowest BCUT2D eigenvalue weighted by atomic mass is 10.1. The maximum absolute atomic E-state index is 5.91. The van der Waals surface area contributed by atoms with Gasteiger partial charge in [-0.2, -0.15) is 0 Å². The second-order valence-electron chi connectivity index (χ2n) is 6.66. The van der Waals surface area contributed by atoms with Crippen LogP contribution in [0.3, 0.4) is 0 Å². The van der Waals surface area contributed by atoms with Crippen molar-refractivity contribution < 1.29 is 18.0 Å². The van der Waals surface area contributed by atoms with Crippen molar-refractivity contribution in [2.24, 2.45) is 0 Å². The van der Waals surface area contributed by atoms with Gasteiger partial charge in [0.05, 0.1) is 6.61 Å². The fourth-order valence-electron chi connectivity index (χ4n) is 3.13. The number of nitrogens with one attached hydrogen (secondary N) is 1. The minimum Gasteiger partial charge on any atom is -0.383 e. The first-order chi connectivity index (χ1) is 12.7. The van der Waals surface area contributed by atoms with E-state index >= 15 is 0 Å². The molecule has 0 saturated carbocycles. The van der Waals surface area contributed by atoms with Crippen molar-refractivity contribution in [3.05, 3.63) is 0 Å². The number of hydrogen-bond acceptors (Lipinski definition) is 5. The van der Waals surface area contributed by atoms with E-state index in [2.05, 4.69) is 5.32 Å². The molecule has 0 bridgehead atoms. The quantitative estimate of drug-likeness (QED) is 0.225. The predicted molar refractivity (Wildman–Crippen MR) is 112 cm³/mol. The number of methoxy groups -OCH3 is 1. The molecule has 6 heteroatoms. The highest BCUT2D eigenvalue weighted by Gasteiger charge is 2.39. The van der Waals surface area contributed by atoms with Gasteiger partial charge in [0.25, 0.3) is 0 Å². The number of rotatable bonds is 21. The summed E-state index contributed by atoms with van der Waals surface area (Å²) < 4.78 is 22.7. The number of hydrogen-bond donors (Lipinski definition) is 1. The van der Waals surface area contributed by atoms with E-state index < -0.39 is 8.80 Å². The molecule has 0 rings (SSSR count). The van der Waals surface area contributed by atoms with Gasteiger partial charge >= 0.3 is 8.80 Å². The van der Waals surface area contributed by atoms with Crippen molar-refractivity contribution in [3.63, 3.8) is 0 Å². The highest BCUT2D eigenvalue weighted by atomic mass is 28.4. The summed E-state index contributed by atoms with van der Waals surface area (Å²) in [7, 11) is -0.665. The molecule has 0 heterocycles. The molecule has 0 fully saturated rings. The molecule has 0 aliphatic carbocycles. The Bertz CT molecular complexity index is 266. The standard InChI is InChI=1S/C20H45NO4Si/c1-5-23-26(24-6-2,25-7-3)20-16-14-12-10-8-9-11-13-15-17-21-18-19-22-4/h21H,5-20H2,1-4H3. The molecule has 0 spiro atoms. The predicted octanol–water partition coefficient (Wildman–Crippen LogP) is 4.78. The third-order valence-corrected chi connectivity index (χ3v) is 7.56. The van der Waals surface area contributed by atoms with E-state index in [1.165, 1.54) is 51.4 Å². The van der Waals surface area contributed by atoms with Crippen molar-refractivity contribution in [3.8, 4) is 0 Å². The molecule has 158 valence electrons. The van der Waals surface area contributed by atoms with E-state index in [4.69, 9.17) is 18.0 Å². The monoisotopic (exact) mass is 391 g/mol. The Hall–Kier alpha value is 0.0169. The SMILES string of the molecule is CCO[Si](CCCCCCCCCCCNCCOC)(OCC)OCC. The first-order valence-corrected chi connectivity index (χ1v) is 12.8. The smallest absolute Gasteiger partial charge is 0.383 e. The molecule has 0 amide bonds. The molecule has 0 saturated heterocycles. The zero-order chi connectivity index (χ0) is 19.3. The summed E-state index contributed by atoms with van der Waals surface area (Å²) in [5.41, 5.74) is 0. The van der Waals surface area contributed by atoms with E-state index in [0.717, 1.165) is 32.2 Å².